The molecule has 2 heterocycles. The topological polar surface area (TPSA) is 70.8 Å². The Balaban J connectivity index is 1.24. The van der Waals surface area contributed by atoms with Crippen LogP contribution in [0.3, 0.4) is 0 Å². The lowest BCUT2D eigenvalue weighted by Crippen LogP contribution is -2.17. The van der Waals surface area contributed by atoms with Gasteiger partial charge < -0.3 is 19.1 Å². The van der Waals surface area contributed by atoms with Gasteiger partial charge in [-0.25, -0.2) is 0 Å². The molecule has 0 atom stereocenters. The second-order valence-corrected chi connectivity index (χ2v) is 10.6. The number of ether oxygens (including phenoxy) is 1. The van der Waals surface area contributed by atoms with Gasteiger partial charge in [0.1, 0.15) is 18.2 Å². The van der Waals surface area contributed by atoms with Crippen molar-refractivity contribution in [3.63, 3.8) is 0 Å². The molecule has 0 radical (unpaired) electrons. The Kier molecular flexibility index (Phi) is 8.30. The minimum Gasteiger partial charge on any atom is -0.492 e. The molecule has 1 fully saturated rings. The van der Waals surface area contributed by atoms with Gasteiger partial charge in [-0.3, -0.25) is 5.43 Å². The summed E-state index contributed by atoms with van der Waals surface area (Å²) in [6.07, 6.45) is 10.7. The molecular formula is C31H39N7O. The van der Waals surface area contributed by atoms with Crippen molar-refractivity contribution in [2.45, 2.75) is 44.6 Å². The minimum absolute atomic E-state index is 0.595. The van der Waals surface area contributed by atoms with Crippen LogP contribution in [0.25, 0.3) is 10.9 Å². The van der Waals surface area contributed by atoms with E-state index in [1.54, 1.807) is 0 Å². The third-order valence-corrected chi connectivity index (χ3v) is 7.32. The van der Waals surface area contributed by atoms with Gasteiger partial charge in [0.05, 0.1) is 12.8 Å². The molecule has 8 nitrogen and oxygen atoms in total. The van der Waals surface area contributed by atoms with E-state index < -0.39 is 0 Å². The fourth-order valence-corrected chi connectivity index (χ4v) is 5.17. The van der Waals surface area contributed by atoms with Crippen molar-refractivity contribution in [3.05, 3.63) is 71.9 Å². The minimum atomic E-state index is 0.595. The Labute approximate surface area is 231 Å². The molecule has 39 heavy (non-hydrogen) atoms. The Morgan fingerprint density at radius 2 is 1.74 bits per heavy atom. The second kappa shape index (κ2) is 12.2. The summed E-state index contributed by atoms with van der Waals surface area (Å²) in [4.78, 5) is 12.9. The average molecular weight is 526 g/mol. The van der Waals surface area contributed by atoms with Gasteiger partial charge in [0.15, 0.2) is 5.82 Å². The van der Waals surface area contributed by atoms with Crippen LogP contribution in [0.2, 0.25) is 0 Å². The van der Waals surface area contributed by atoms with Gasteiger partial charge in [0, 0.05) is 56.9 Å². The second-order valence-electron chi connectivity index (χ2n) is 10.6. The first-order chi connectivity index (χ1) is 19.0. The van der Waals surface area contributed by atoms with Crippen molar-refractivity contribution in [3.8, 4) is 5.75 Å². The van der Waals surface area contributed by atoms with Crippen molar-refractivity contribution in [2.75, 3.05) is 50.0 Å². The first-order valence-electron chi connectivity index (χ1n) is 13.8. The van der Waals surface area contributed by atoms with Crippen LogP contribution in [0, 0.1) is 0 Å². The molecule has 8 heteroatoms. The maximum atomic E-state index is 6.12. The van der Waals surface area contributed by atoms with Crippen LogP contribution in [0.4, 0.5) is 17.6 Å². The molecule has 2 aromatic carbocycles. The van der Waals surface area contributed by atoms with E-state index in [2.05, 4.69) is 79.8 Å². The fraction of sp³-hybridized carbons (Fsp3) is 0.387. The average Bonchev–Trinajstić information content (AvgIpc) is 3.31. The van der Waals surface area contributed by atoms with E-state index in [1.807, 2.05) is 50.3 Å². The largest absolute Gasteiger partial charge is 0.492 e. The van der Waals surface area contributed by atoms with Crippen molar-refractivity contribution in [1.29, 1.82) is 0 Å². The van der Waals surface area contributed by atoms with Crippen molar-refractivity contribution < 1.29 is 4.74 Å². The lowest BCUT2D eigenvalue weighted by molar-refractivity contribution is 0.300. The number of nitrogens with zero attached hydrogens (tertiary/aromatic N) is 6. The van der Waals surface area contributed by atoms with Crippen LogP contribution < -0.4 is 20.0 Å². The molecule has 0 amide bonds. The maximum Gasteiger partial charge on any atom is 0.228 e. The normalized spacial score (nSPS) is 14.2. The van der Waals surface area contributed by atoms with Crippen LogP contribution >= 0.6 is 0 Å². The highest BCUT2D eigenvalue weighted by atomic mass is 16.5. The van der Waals surface area contributed by atoms with Gasteiger partial charge in [-0.15, -0.1) is 0 Å². The fourth-order valence-electron chi connectivity index (χ4n) is 5.17. The molecule has 0 bridgehead atoms. The predicted molar refractivity (Wildman–Crippen MR) is 162 cm³/mol. The summed E-state index contributed by atoms with van der Waals surface area (Å²) in [5, 5.41) is 5.65. The molecule has 204 valence electrons. The first-order valence-corrected chi connectivity index (χ1v) is 13.8. The van der Waals surface area contributed by atoms with E-state index in [-0.39, 0.29) is 0 Å². The molecule has 1 saturated carbocycles. The van der Waals surface area contributed by atoms with E-state index in [0.717, 1.165) is 34.6 Å². The smallest absolute Gasteiger partial charge is 0.228 e. The third-order valence-electron chi connectivity index (χ3n) is 7.32. The SMILES string of the molecule is CN(C)c1cc(N/N=C/c2cn(CCOc3ccc(C4CCCCC4)cc3)c3ccccc23)nc(N(C)C)n1. The van der Waals surface area contributed by atoms with Gasteiger partial charge in [-0.05, 0) is 42.5 Å². The summed E-state index contributed by atoms with van der Waals surface area (Å²) in [5.74, 6) is 3.72. The van der Waals surface area contributed by atoms with Gasteiger partial charge in [-0.1, -0.05) is 49.6 Å². The van der Waals surface area contributed by atoms with Gasteiger partial charge in [0.25, 0.3) is 0 Å². The van der Waals surface area contributed by atoms with Crippen LogP contribution in [0.5, 0.6) is 5.75 Å². The number of rotatable bonds is 10. The summed E-state index contributed by atoms with van der Waals surface area (Å²) >= 11 is 0. The molecule has 4 aromatic rings. The van der Waals surface area contributed by atoms with Crippen LogP contribution in [0.15, 0.2) is 65.9 Å². The van der Waals surface area contributed by atoms with Crippen molar-refractivity contribution in [2.24, 2.45) is 5.10 Å². The van der Waals surface area contributed by atoms with Crippen molar-refractivity contribution in [1.82, 2.24) is 14.5 Å². The third kappa shape index (κ3) is 6.50. The zero-order valence-electron chi connectivity index (χ0n) is 23.5. The molecule has 0 unspecified atom stereocenters. The Morgan fingerprint density at radius 1 is 0.974 bits per heavy atom. The summed E-state index contributed by atoms with van der Waals surface area (Å²) < 4.78 is 8.35. The highest BCUT2D eigenvalue weighted by Gasteiger charge is 2.15. The van der Waals surface area contributed by atoms with Crippen LogP contribution in [-0.2, 0) is 6.54 Å². The molecule has 0 aliphatic heterocycles. The summed E-state index contributed by atoms with van der Waals surface area (Å²) in [7, 11) is 7.76. The zero-order valence-corrected chi connectivity index (χ0v) is 23.5. The molecule has 0 saturated heterocycles. The summed E-state index contributed by atoms with van der Waals surface area (Å²) in [6.45, 7) is 1.34. The molecule has 1 aliphatic carbocycles. The predicted octanol–water partition coefficient (Wildman–Crippen LogP) is 6.14. The molecule has 0 spiro atoms. The highest BCUT2D eigenvalue weighted by molar-refractivity contribution is 5.99. The van der Waals surface area contributed by atoms with E-state index in [1.165, 1.54) is 37.7 Å². The van der Waals surface area contributed by atoms with Crippen LogP contribution in [-0.4, -0.2) is 55.5 Å². The highest BCUT2D eigenvalue weighted by Crippen LogP contribution is 2.33. The maximum absolute atomic E-state index is 6.12. The molecular weight excluding hydrogens is 486 g/mol. The number of hydrogen-bond acceptors (Lipinski definition) is 7. The number of para-hydroxylation sites is 1. The summed E-state index contributed by atoms with van der Waals surface area (Å²) in [6, 6.07) is 19.0. The molecule has 1 N–H and O–H groups in total. The van der Waals surface area contributed by atoms with Gasteiger partial charge in [-0.2, -0.15) is 15.1 Å². The lowest BCUT2D eigenvalue weighted by atomic mass is 9.84. The molecule has 1 aliphatic rings. The number of fused-ring (bicyclic) bond motifs is 1. The molecule has 2 aromatic heterocycles. The number of aromatic nitrogens is 3. The van der Waals surface area contributed by atoms with Gasteiger partial charge >= 0.3 is 0 Å². The number of nitrogens with one attached hydrogen (secondary N) is 1. The Morgan fingerprint density at radius 3 is 2.49 bits per heavy atom. The first kappa shape index (κ1) is 26.5. The van der Waals surface area contributed by atoms with E-state index in [9.17, 15) is 0 Å². The zero-order chi connectivity index (χ0) is 27.2. The molecule has 5 rings (SSSR count). The standard InChI is InChI=1S/C31H39N7O/c1-36(2)30-20-29(33-31(34-30)37(3)4)35-32-21-25-22-38(28-13-9-8-12-27(25)28)18-19-39-26-16-14-24(15-17-26)23-10-6-5-7-11-23/h8-9,12-17,20-23H,5-7,10-11,18-19H2,1-4H3,(H,33,34,35)/b32-21+. The monoisotopic (exact) mass is 525 g/mol. The van der Waals surface area contributed by atoms with E-state index in [4.69, 9.17) is 4.74 Å². The number of benzene rings is 2. The lowest BCUT2D eigenvalue weighted by Gasteiger charge is -2.22. The Bertz CT molecular complexity index is 1380. The number of hydrogen-bond donors (Lipinski definition) is 1. The van der Waals surface area contributed by atoms with Crippen molar-refractivity contribution >= 4 is 34.7 Å². The van der Waals surface area contributed by atoms with Crippen LogP contribution in [0.1, 0.15) is 49.1 Å². The quantitative estimate of drug-likeness (QED) is 0.198. The summed E-state index contributed by atoms with van der Waals surface area (Å²) in [5.41, 5.74) is 6.72. The van der Waals surface area contributed by atoms with E-state index in [0.29, 0.717) is 24.3 Å². The van der Waals surface area contributed by atoms with E-state index >= 15 is 0 Å². The van der Waals surface area contributed by atoms with Gasteiger partial charge in [0.2, 0.25) is 5.95 Å². The number of hydrazone groups is 1. The number of anilines is 3. The Hall–Kier alpha value is -4.07.